The molecule has 0 saturated heterocycles. The van der Waals surface area contributed by atoms with Crippen LogP contribution in [0, 0.1) is 20.8 Å². The van der Waals surface area contributed by atoms with Crippen molar-refractivity contribution in [2.24, 2.45) is 4.99 Å². The Balaban J connectivity index is 1.12. The molecule has 0 saturated carbocycles. The van der Waals surface area contributed by atoms with Gasteiger partial charge >= 0.3 is 12.1 Å². The van der Waals surface area contributed by atoms with Crippen LogP contribution in [0.4, 0.5) is 4.79 Å². The lowest BCUT2D eigenvalue weighted by molar-refractivity contribution is -0.142. The molecule has 250 valence electrons. The molecule has 1 aliphatic heterocycles. The number of aliphatic carboxylic acids is 1. The summed E-state index contributed by atoms with van der Waals surface area (Å²) in [5.41, 5.74) is 9.42. The fourth-order valence-corrected chi connectivity index (χ4v) is 7.99. The first-order valence-corrected chi connectivity index (χ1v) is 17.1. The number of nitrogens with one attached hydrogen (secondary N) is 2. The first-order valence-electron chi connectivity index (χ1n) is 15.6. The molecule has 0 bridgehead atoms. The van der Waals surface area contributed by atoms with Gasteiger partial charge in [0.1, 0.15) is 24.0 Å². The van der Waals surface area contributed by atoms with Crippen LogP contribution in [-0.4, -0.2) is 68.7 Å². The van der Waals surface area contributed by atoms with Crippen LogP contribution < -0.4 is 15.0 Å². The number of carboxylic acids is 1. The molecule has 0 aromatic heterocycles. The van der Waals surface area contributed by atoms with E-state index in [1.165, 1.54) is 13.4 Å². The maximum Gasteiger partial charge on any atom is 0.410 e. The average molecular weight is 663 g/mol. The monoisotopic (exact) mass is 662 g/mol. The van der Waals surface area contributed by atoms with Crippen molar-refractivity contribution in [1.29, 1.82) is 0 Å². The standard InChI is InChI=1S/C35H42N4O7S/c1-21-22(2)32(23(3)28-18-35(4,5)46-31(21)28)47(43,44)38-37-20-36-17-11-16-30(33(40)41)39(6)34(42)45-19-29-26-14-9-7-12-24(26)25-13-8-10-15-27(25)29/h7-10,12-15,20,29-30,38H,11,16-19H2,1-6H3,(H,36,37)(H,40,41). The number of rotatable bonds is 12. The van der Waals surface area contributed by atoms with E-state index >= 15 is 0 Å². The highest BCUT2D eigenvalue weighted by Crippen LogP contribution is 2.45. The molecule has 0 fully saturated rings. The molecule has 2 aliphatic rings. The highest BCUT2D eigenvalue weighted by atomic mass is 32.2. The third-order valence-corrected chi connectivity index (χ3v) is 10.6. The zero-order valence-corrected chi connectivity index (χ0v) is 28.4. The number of nitrogens with zero attached hydrogens (tertiary/aromatic N) is 2. The number of likely N-dealkylation sites (N-methyl/N-ethyl adjacent to an activating group) is 1. The summed E-state index contributed by atoms with van der Waals surface area (Å²) in [6.07, 6.45) is 1.58. The number of carboxylic acid groups (broad SMARTS) is 1. The number of fused-ring (bicyclic) bond motifs is 4. The van der Waals surface area contributed by atoms with E-state index in [-0.39, 0.29) is 30.4 Å². The van der Waals surface area contributed by atoms with E-state index in [1.807, 2.05) is 69.3 Å². The molecule has 47 heavy (non-hydrogen) atoms. The van der Waals surface area contributed by atoms with Gasteiger partial charge in [-0.25, -0.2) is 18.0 Å². The van der Waals surface area contributed by atoms with Gasteiger partial charge in [0, 0.05) is 31.5 Å². The number of hydrogen-bond acceptors (Lipinski definition) is 7. The van der Waals surface area contributed by atoms with E-state index in [4.69, 9.17) is 9.47 Å². The minimum absolute atomic E-state index is 0.0885. The summed E-state index contributed by atoms with van der Waals surface area (Å²) in [7, 11) is -2.52. The predicted molar refractivity (Wildman–Crippen MR) is 179 cm³/mol. The molecule has 0 radical (unpaired) electrons. The van der Waals surface area contributed by atoms with E-state index in [0.29, 0.717) is 24.0 Å². The Hall–Kier alpha value is -4.42. The molecule has 0 spiro atoms. The molecule has 1 aliphatic carbocycles. The van der Waals surface area contributed by atoms with Crippen LogP contribution in [0.3, 0.4) is 0 Å². The predicted octanol–water partition coefficient (Wildman–Crippen LogP) is 5.25. The van der Waals surface area contributed by atoms with Crippen LogP contribution in [-0.2, 0) is 26.0 Å². The van der Waals surface area contributed by atoms with E-state index in [9.17, 15) is 23.1 Å². The Morgan fingerprint density at radius 3 is 2.30 bits per heavy atom. The normalized spacial score (nSPS) is 15.4. The van der Waals surface area contributed by atoms with Gasteiger partial charge in [-0.1, -0.05) is 48.5 Å². The number of hydrazine groups is 1. The highest BCUT2D eigenvalue weighted by Gasteiger charge is 2.37. The molecule has 3 N–H and O–H groups in total. The van der Waals surface area contributed by atoms with Gasteiger partial charge in [-0.15, -0.1) is 4.83 Å². The fourth-order valence-electron chi connectivity index (χ4n) is 6.59. The van der Waals surface area contributed by atoms with Gasteiger partial charge in [0.15, 0.2) is 0 Å². The summed E-state index contributed by atoms with van der Waals surface area (Å²) in [4.78, 5) is 32.8. The zero-order valence-electron chi connectivity index (χ0n) is 27.6. The molecule has 3 aromatic carbocycles. The van der Waals surface area contributed by atoms with Crippen LogP contribution >= 0.6 is 0 Å². The molecule has 11 nitrogen and oxygen atoms in total. The van der Waals surface area contributed by atoms with E-state index < -0.39 is 33.7 Å². The first kappa shape index (κ1) is 33.9. The number of benzene rings is 3. The van der Waals surface area contributed by atoms with Crippen LogP contribution in [0.25, 0.3) is 11.1 Å². The topological polar surface area (TPSA) is 147 Å². The third kappa shape index (κ3) is 6.84. The van der Waals surface area contributed by atoms with Crippen molar-refractivity contribution in [3.8, 4) is 16.9 Å². The first-order chi connectivity index (χ1) is 22.2. The second-order valence-corrected chi connectivity index (χ2v) is 14.4. The van der Waals surface area contributed by atoms with Crippen LogP contribution in [0.1, 0.15) is 66.0 Å². The maximum atomic E-state index is 13.2. The van der Waals surface area contributed by atoms with Gasteiger partial charge in [-0.05, 0) is 86.4 Å². The van der Waals surface area contributed by atoms with Gasteiger partial charge in [0.05, 0.1) is 11.2 Å². The largest absolute Gasteiger partial charge is 0.487 e. The second kappa shape index (κ2) is 13.4. The number of carbonyl (C=O) groups is 2. The van der Waals surface area contributed by atoms with Gasteiger partial charge in [0.25, 0.3) is 10.0 Å². The lowest BCUT2D eigenvalue weighted by Crippen LogP contribution is -2.43. The smallest absolute Gasteiger partial charge is 0.410 e. The van der Waals surface area contributed by atoms with Crippen molar-refractivity contribution in [3.05, 3.63) is 81.9 Å². The van der Waals surface area contributed by atoms with Crippen molar-refractivity contribution in [2.75, 3.05) is 20.2 Å². The third-order valence-electron chi connectivity index (χ3n) is 9.05. The number of hydrogen-bond donors (Lipinski definition) is 3. The van der Waals surface area contributed by atoms with Gasteiger partial charge in [0.2, 0.25) is 0 Å². The number of ether oxygens (including phenoxy) is 2. The van der Waals surface area contributed by atoms with Gasteiger partial charge in [-0.2, -0.15) is 0 Å². The molecule has 12 heteroatoms. The minimum atomic E-state index is -3.93. The summed E-state index contributed by atoms with van der Waals surface area (Å²) < 4.78 is 38.2. The Morgan fingerprint density at radius 1 is 1.06 bits per heavy atom. The number of amides is 1. The van der Waals surface area contributed by atoms with Crippen molar-refractivity contribution >= 4 is 28.4 Å². The Kier molecular flexibility index (Phi) is 9.65. The lowest BCUT2D eigenvalue weighted by atomic mass is 9.94. The molecular formula is C35H42N4O7S. The van der Waals surface area contributed by atoms with Crippen molar-refractivity contribution < 1.29 is 32.6 Å². The van der Waals surface area contributed by atoms with E-state index in [0.717, 1.165) is 44.0 Å². The maximum absolute atomic E-state index is 13.2. The number of sulfonamides is 1. The van der Waals surface area contributed by atoms with Crippen molar-refractivity contribution in [3.63, 3.8) is 0 Å². The molecular weight excluding hydrogens is 620 g/mol. The molecule has 1 amide bonds. The quantitative estimate of drug-likeness (QED) is 0.103. The van der Waals surface area contributed by atoms with Crippen molar-refractivity contribution in [1.82, 2.24) is 15.2 Å². The molecule has 3 aromatic rings. The lowest BCUT2D eigenvalue weighted by Gasteiger charge is -2.25. The summed E-state index contributed by atoms with van der Waals surface area (Å²) in [5.74, 6) is -0.537. The van der Waals surface area contributed by atoms with Gasteiger partial charge < -0.3 is 14.6 Å². The Morgan fingerprint density at radius 2 is 1.68 bits per heavy atom. The summed E-state index contributed by atoms with van der Waals surface area (Å²) in [5, 5.41) is 9.84. The number of aliphatic imine (C=N–C) groups is 1. The highest BCUT2D eigenvalue weighted by molar-refractivity contribution is 7.89. The average Bonchev–Trinajstić information content (AvgIpc) is 3.53. The minimum Gasteiger partial charge on any atom is -0.487 e. The van der Waals surface area contributed by atoms with E-state index in [2.05, 4.69) is 15.2 Å². The van der Waals surface area contributed by atoms with Crippen LogP contribution in [0.2, 0.25) is 0 Å². The summed E-state index contributed by atoms with van der Waals surface area (Å²) >= 11 is 0. The SMILES string of the molecule is Cc1c(C)c(S(=O)(=O)NNC=NCCCC(C(=O)O)N(C)C(=O)OCC2c3ccccc3-c3ccccc32)c(C)c2c1OC(C)(C)C2. The van der Waals surface area contributed by atoms with Crippen molar-refractivity contribution in [2.45, 2.75) is 76.3 Å². The molecule has 1 heterocycles. The molecule has 1 atom stereocenters. The summed E-state index contributed by atoms with van der Waals surface area (Å²) in [6.45, 7) is 9.66. The van der Waals surface area contributed by atoms with Crippen LogP contribution in [0.5, 0.6) is 5.75 Å². The Labute approximate surface area is 276 Å². The molecule has 1 unspecified atom stereocenters. The zero-order chi connectivity index (χ0) is 34.1. The number of carbonyl (C=O) groups excluding carboxylic acids is 1. The van der Waals surface area contributed by atoms with E-state index in [1.54, 1.807) is 13.8 Å². The fraction of sp³-hybridized carbons (Fsp3) is 0.400. The summed E-state index contributed by atoms with van der Waals surface area (Å²) in [6, 6.07) is 14.9. The van der Waals surface area contributed by atoms with Crippen LogP contribution in [0.15, 0.2) is 58.4 Å². The Bertz CT molecular complexity index is 1790. The second-order valence-electron chi connectivity index (χ2n) is 12.7. The van der Waals surface area contributed by atoms with Gasteiger partial charge in [-0.3, -0.25) is 15.3 Å². The molecule has 5 rings (SSSR count).